The first-order valence-corrected chi connectivity index (χ1v) is 6.64. The average molecular weight is 273 g/mol. The zero-order valence-corrected chi connectivity index (χ0v) is 10.8. The number of aliphatic carboxylic acids is 2. The number of rotatable bonds is 3. The molecule has 3 rings (SSSR count). The van der Waals surface area contributed by atoms with Crippen molar-refractivity contribution in [2.45, 2.75) is 25.2 Å². The third-order valence-electron chi connectivity index (χ3n) is 4.09. The molecule has 0 saturated carbocycles. The van der Waals surface area contributed by atoms with E-state index in [9.17, 15) is 19.8 Å². The van der Waals surface area contributed by atoms with Gasteiger partial charge in [-0.1, -0.05) is 18.2 Å². The third kappa shape index (κ3) is 1.86. The van der Waals surface area contributed by atoms with Crippen molar-refractivity contribution in [1.29, 1.82) is 0 Å². The van der Waals surface area contributed by atoms with Gasteiger partial charge >= 0.3 is 11.9 Å². The minimum absolute atomic E-state index is 0.485. The van der Waals surface area contributed by atoms with Gasteiger partial charge in [-0.15, -0.1) is 0 Å². The summed E-state index contributed by atoms with van der Waals surface area (Å²) in [4.78, 5) is 25.8. The van der Waals surface area contributed by atoms with E-state index in [2.05, 4.69) is 4.98 Å². The summed E-state index contributed by atoms with van der Waals surface area (Å²) in [6.07, 6.45) is 2.27. The predicted molar refractivity (Wildman–Crippen MR) is 72.7 cm³/mol. The van der Waals surface area contributed by atoms with Crippen LogP contribution >= 0.6 is 0 Å². The second kappa shape index (κ2) is 4.67. The molecule has 1 aromatic carbocycles. The van der Waals surface area contributed by atoms with Gasteiger partial charge in [-0.05, 0) is 30.9 Å². The van der Waals surface area contributed by atoms with Crippen LogP contribution in [-0.4, -0.2) is 27.1 Å². The van der Waals surface area contributed by atoms with E-state index in [1.165, 1.54) is 0 Å². The fourth-order valence-electron chi connectivity index (χ4n) is 3.23. The van der Waals surface area contributed by atoms with Gasteiger partial charge in [0.2, 0.25) is 0 Å². The monoisotopic (exact) mass is 273 g/mol. The van der Waals surface area contributed by atoms with Crippen molar-refractivity contribution >= 4 is 22.8 Å². The third-order valence-corrected chi connectivity index (χ3v) is 4.09. The summed E-state index contributed by atoms with van der Waals surface area (Å²) in [7, 11) is 0. The number of nitrogens with one attached hydrogen (secondary N) is 1. The molecule has 5 heteroatoms. The molecule has 1 aromatic heterocycles. The highest BCUT2D eigenvalue weighted by atomic mass is 16.4. The highest BCUT2D eigenvalue weighted by molar-refractivity contribution is 5.95. The van der Waals surface area contributed by atoms with E-state index in [1.54, 1.807) is 0 Å². The van der Waals surface area contributed by atoms with Gasteiger partial charge < -0.3 is 15.2 Å². The summed E-state index contributed by atoms with van der Waals surface area (Å²) >= 11 is 0. The van der Waals surface area contributed by atoms with E-state index < -0.39 is 23.8 Å². The first-order valence-electron chi connectivity index (χ1n) is 6.64. The number of carboxylic acid groups (broad SMARTS) is 2. The molecule has 1 aliphatic carbocycles. The molecule has 3 N–H and O–H groups in total. The van der Waals surface area contributed by atoms with E-state index >= 15 is 0 Å². The van der Waals surface area contributed by atoms with Gasteiger partial charge in [0, 0.05) is 22.5 Å². The molecule has 0 radical (unpaired) electrons. The van der Waals surface area contributed by atoms with Crippen LogP contribution in [0.3, 0.4) is 0 Å². The number of aromatic amines is 1. The van der Waals surface area contributed by atoms with Crippen LogP contribution in [0.25, 0.3) is 10.9 Å². The molecule has 2 aromatic rings. The van der Waals surface area contributed by atoms with Crippen LogP contribution in [0.15, 0.2) is 24.3 Å². The molecule has 1 aliphatic rings. The number of benzene rings is 1. The van der Waals surface area contributed by atoms with Crippen molar-refractivity contribution in [3.63, 3.8) is 0 Å². The minimum atomic E-state index is -1.39. The summed E-state index contributed by atoms with van der Waals surface area (Å²) in [5, 5.41) is 19.5. The molecule has 20 heavy (non-hydrogen) atoms. The Morgan fingerprint density at radius 3 is 2.60 bits per heavy atom. The van der Waals surface area contributed by atoms with Gasteiger partial charge in [0.25, 0.3) is 0 Å². The second-order valence-electron chi connectivity index (χ2n) is 5.22. The lowest BCUT2D eigenvalue weighted by Gasteiger charge is -2.25. The van der Waals surface area contributed by atoms with Gasteiger partial charge in [0.1, 0.15) is 0 Å². The predicted octanol–water partition coefficient (Wildman–Crippen LogP) is 2.37. The fourth-order valence-corrected chi connectivity index (χ4v) is 3.23. The van der Waals surface area contributed by atoms with Crippen LogP contribution < -0.4 is 0 Å². The van der Waals surface area contributed by atoms with E-state index in [-0.39, 0.29) is 0 Å². The first kappa shape index (κ1) is 12.7. The van der Waals surface area contributed by atoms with Gasteiger partial charge in [0.15, 0.2) is 5.92 Å². The maximum atomic E-state index is 11.3. The maximum absolute atomic E-state index is 11.3. The number of hydrogen-bond acceptors (Lipinski definition) is 2. The Hall–Kier alpha value is -2.30. The molecule has 104 valence electrons. The number of carbonyl (C=O) groups is 2. The SMILES string of the molecule is O=C(O)C(C(=O)O)C1CCCc2c1[nH]c1ccccc21. The van der Waals surface area contributed by atoms with Crippen molar-refractivity contribution in [2.24, 2.45) is 5.92 Å². The average Bonchev–Trinajstić information content (AvgIpc) is 2.78. The number of para-hydroxylation sites is 1. The number of aryl methyl sites for hydroxylation is 1. The van der Waals surface area contributed by atoms with Gasteiger partial charge in [-0.3, -0.25) is 9.59 Å². The Kier molecular flexibility index (Phi) is 2.97. The number of H-pyrrole nitrogens is 1. The lowest BCUT2D eigenvalue weighted by Crippen LogP contribution is -2.32. The molecule has 0 amide bonds. The minimum Gasteiger partial charge on any atom is -0.481 e. The number of hydrogen-bond donors (Lipinski definition) is 3. The zero-order chi connectivity index (χ0) is 14.3. The van der Waals surface area contributed by atoms with Crippen molar-refractivity contribution in [3.05, 3.63) is 35.5 Å². The second-order valence-corrected chi connectivity index (χ2v) is 5.22. The van der Waals surface area contributed by atoms with Gasteiger partial charge in [-0.2, -0.15) is 0 Å². The number of fused-ring (bicyclic) bond motifs is 3. The normalized spacial score (nSPS) is 18.1. The van der Waals surface area contributed by atoms with Crippen molar-refractivity contribution < 1.29 is 19.8 Å². The van der Waals surface area contributed by atoms with Gasteiger partial charge in [-0.25, -0.2) is 0 Å². The van der Waals surface area contributed by atoms with Crippen LogP contribution in [0, 0.1) is 5.92 Å². The van der Waals surface area contributed by atoms with Crippen LogP contribution in [0.4, 0.5) is 0 Å². The smallest absolute Gasteiger partial charge is 0.318 e. The van der Waals surface area contributed by atoms with Crippen LogP contribution in [0.1, 0.15) is 30.0 Å². The Morgan fingerprint density at radius 2 is 1.90 bits per heavy atom. The van der Waals surface area contributed by atoms with Gasteiger partial charge in [0.05, 0.1) is 0 Å². The largest absolute Gasteiger partial charge is 0.481 e. The van der Waals surface area contributed by atoms with Crippen LogP contribution in [-0.2, 0) is 16.0 Å². The number of carboxylic acids is 2. The molecule has 0 saturated heterocycles. The zero-order valence-electron chi connectivity index (χ0n) is 10.8. The highest BCUT2D eigenvalue weighted by Crippen LogP contribution is 2.40. The lowest BCUT2D eigenvalue weighted by molar-refractivity contribution is -0.155. The van der Waals surface area contributed by atoms with Crippen molar-refractivity contribution in [1.82, 2.24) is 4.98 Å². The van der Waals surface area contributed by atoms with Crippen molar-refractivity contribution in [2.75, 3.05) is 0 Å². The maximum Gasteiger partial charge on any atom is 0.318 e. The van der Waals surface area contributed by atoms with E-state index in [1.807, 2.05) is 24.3 Å². The molecule has 1 unspecified atom stereocenters. The molecule has 1 atom stereocenters. The molecule has 5 nitrogen and oxygen atoms in total. The summed E-state index contributed by atoms with van der Waals surface area (Å²) < 4.78 is 0. The topological polar surface area (TPSA) is 90.4 Å². The molecule has 1 heterocycles. The highest BCUT2D eigenvalue weighted by Gasteiger charge is 2.39. The Morgan fingerprint density at radius 1 is 1.20 bits per heavy atom. The molecule has 0 fully saturated rings. The summed E-state index contributed by atoms with van der Waals surface area (Å²) in [6, 6.07) is 7.77. The molecule has 0 aliphatic heterocycles. The van der Waals surface area contributed by atoms with Crippen LogP contribution in [0.5, 0.6) is 0 Å². The Balaban J connectivity index is 2.14. The standard InChI is InChI=1S/C15H15NO4/c17-14(18)12(15(19)20)10-6-3-5-9-8-4-1-2-7-11(8)16-13(9)10/h1-2,4,7,10,12,16H,3,5-6H2,(H,17,18)(H,19,20). The number of aromatic nitrogens is 1. The summed E-state index contributed by atoms with van der Waals surface area (Å²) in [5.41, 5.74) is 2.80. The van der Waals surface area contributed by atoms with Crippen molar-refractivity contribution in [3.8, 4) is 0 Å². The summed E-state index contributed by atoms with van der Waals surface area (Å²) in [5.74, 6) is -4.41. The van der Waals surface area contributed by atoms with E-state index in [0.29, 0.717) is 6.42 Å². The molecule has 0 spiro atoms. The lowest BCUT2D eigenvalue weighted by atomic mass is 9.79. The van der Waals surface area contributed by atoms with Crippen LogP contribution in [0.2, 0.25) is 0 Å². The Labute approximate surface area is 115 Å². The first-order chi connectivity index (χ1) is 9.59. The Bertz CT molecular complexity index is 674. The molecule has 0 bridgehead atoms. The van der Waals surface area contributed by atoms with E-state index in [4.69, 9.17) is 0 Å². The van der Waals surface area contributed by atoms with E-state index in [0.717, 1.165) is 35.0 Å². The molecular formula is C15H15NO4. The molecular weight excluding hydrogens is 258 g/mol. The fraction of sp³-hybridized carbons (Fsp3) is 0.333. The summed E-state index contributed by atoms with van der Waals surface area (Å²) in [6.45, 7) is 0. The quantitative estimate of drug-likeness (QED) is 0.749.